The van der Waals surface area contributed by atoms with Crippen LogP contribution in [0, 0.1) is 5.82 Å². The molecule has 0 radical (unpaired) electrons. The summed E-state index contributed by atoms with van der Waals surface area (Å²) in [6, 6.07) is 11.1. The summed E-state index contributed by atoms with van der Waals surface area (Å²) in [6.07, 6.45) is 0. The molecule has 0 aliphatic carbocycles. The molecular formula is C17H14FNO4. The Bertz CT molecular complexity index is 784. The fourth-order valence-electron chi connectivity index (χ4n) is 2.52. The van der Waals surface area contributed by atoms with Gasteiger partial charge < -0.3 is 14.3 Å². The molecule has 1 heterocycles. The molecule has 0 unspecified atom stereocenters. The van der Waals surface area contributed by atoms with Crippen molar-refractivity contribution in [3.8, 4) is 11.5 Å². The first-order chi connectivity index (χ1) is 11.1. The molecule has 6 heteroatoms. The Kier molecular flexibility index (Phi) is 3.99. The fourth-order valence-corrected chi connectivity index (χ4v) is 2.52. The largest absolute Gasteiger partial charge is 0.497 e. The Morgan fingerprint density at radius 2 is 1.96 bits per heavy atom. The van der Waals surface area contributed by atoms with E-state index in [0.29, 0.717) is 28.2 Å². The predicted molar refractivity (Wildman–Crippen MR) is 81.2 cm³/mol. The van der Waals surface area contributed by atoms with Crippen LogP contribution >= 0.6 is 0 Å². The average molecular weight is 315 g/mol. The predicted octanol–water partition coefficient (Wildman–Crippen LogP) is 2.45. The van der Waals surface area contributed by atoms with Gasteiger partial charge in [0.1, 0.15) is 23.9 Å². The van der Waals surface area contributed by atoms with Crippen molar-refractivity contribution in [2.75, 3.05) is 13.7 Å². The number of halogens is 1. The monoisotopic (exact) mass is 315 g/mol. The third-order valence-electron chi connectivity index (χ3n) is 3.62. The molecule has 0 amide bonds. The second kappa shape index (κ2) is 6.10. The van der Waals surface area contributed by atoms with Crippen LogP contribution in [0.2, 0.25) is 0 Å². The number of carbonyl (C=O) groups is 1. The molecule has 5 nitrogen and oxygen atoms in total. The zero-order chi connectivity index (χ0) is 16.4. The highest BCUT2D eigenvalue weighted by molar-refractivity contribution is 6.03. The van der Waals surface area contributed by atoms with Gasteiger partial charge in [0.2, 0.25) is 0 Å². The highest BCUT2D eigenvalue weighted by atomic mass is 19.1. The van der Waals surface area contributed by atoms with Gasteiger partial charge in [0.15, 0.2) is 0 Å². The lowest BCUT2D eigenvalue weighted by Gasteiger charge is -2.23. The summed E-state index contributed by atoms with van der Waals surface area (Å²) in [6.45, 7) is 0.0159. The average Bonchev–Trinajstić information content (AvgIpc) is 2.60. The number of hydrogen-bond acceptors (Lipinski definition) is 5. The highest BCUT2D eigenvalue weighted by Gasteiger charge is 2.27. The van der Waals surface area contributed by atoms with E-state index in [4.69, 9.17) is 15.4 Å². The van der Waals surface area contributed by atoms with Crippen molar-refractivity contribution in [1.82, 2.24) is 0 Å². The minimum atomic E-state index is -0.696. The van der Waals surface area contributed by atoms with Crippen LogP contribution in [0.4, 0.5) is 4.39 Å². The second-order valence-electron chi connectivity index (χ2n) is 4.92. The Labute approximate surface area is 132 Å². The van der Waals surface area contributed by atoms with Gasteiger partial charge >= 0.3 is 5.97 Å². The SMILES string of the molecule is COc1ccc2c(c1)C(c1ccc(F)cc1)=C(C(=O)ON)CO2. The van der Waals surface area contributed by atoms with Crippen molar-refractivity contribution < 1.29 is 23.5 Å². The molecule has 0 saturated heterocycles. The van der Waals surface area contributed by atoms with Crippen molar-refractivity contribution in [1.29, 1.82) is 0 Å². The Morgan fingerprint density at radius 1 is 1.22 bits per heavy atom. The van der Waals surface area contributed by atoms with Crippen LogP contribution in [0.1, 0.15) is 11.1 Å². The number of fused-ring (bicyclic) bond motifs is 1. The van der Waals surface area contributed by atoms with E-state index in [9.17, 15) is 9.18 Å². The van der Waals surface area contributed by atoms with Gasteiger partial charge in [-0.25, -0.2) is 9.18 Å². The maximum absolute atomic E-state index is 13.2. The topological polar surface area (TPSA) is 70.8 Å². The van der Waals surface area contributed by atoms with Crippen molar-refractivity contribution in [3.63, 3.8) is 0 Å². The standard InChI is InChI=1S/C17H14FNO4/c1-21-12-6-7-15-13(8-12)16(10-2-4-11(18)5-3-10)14(9-22-15)17(20)23-19/h2-8H,9,19H2,1H3. The van der Waals surface area contributed by atoms with Gasteiger partial charge in [-0.15, -0.1) is 0 Å². The molecule has 0 fully saturated rings. The molecule has 0 spiro atoms. The van der Waals surface area contributed by atoms with Crippen LogP contribution in [0.15, 0.2) is 48.0 Å². The second-order valence-corrected chi connectivity index (χ2v) is 4.92. The van der Waals surface area contributed by atoms with E-state index in [-0.39, 0.29) is 18.0 Å². The summed E-state index contributed by atoms with van der Waals surface area (Å²) in [5, 5.41) is 0. The minimum Gasteiger partial charge on any atom is -0.497 e. The van der Waals surface area contributed by atoms with Gasteiger partial charge in [0.25, 0.3) is 0 Å². The summed E-state index contributed by atoms with van der Waals surface area (Å²) in [5.41, 5.74) is 2.16. The highest BCUT2D eigenvalue weighted by Crippen LogP contribution is 2.39. The lowest BCUT2D eigenvalue weighted by atomic mass is 9.90. The summed E-state index contributed by atoms with van der Waals surface area (Å²) >= 11 is 0. The maximum atomic E-state index is 13.2. The third-order valence-corrected chi connectivity index (χ3v) is 3.62. The van der Waals surface area contributed by atoms with Crippen LogP contribution < -0.4 is 15.4 Å². The molecular weight excluding hydrogens is 301 g/mol. The molecule has 0 saturated carbocycles. The quantitative estimate of drug-likeness (QED) is 0.881. The molecule has 2 N–H and O–H groups in total. The van der Waals surface area contributed by atoms with Gasteiger partial charge in [0.05, 0.1) is 12.7 Å². The van der Waals surface area contributed by atoms with Gasteiger partial charge in [-0.05, 0) is 35.9 Å². The molecule has 1 aliphatic rings. The summed E-state index contributed by atoms with van der Waals surface area (Å²) in [5.74, 6) is 5.16. The van der Waals surface area contributed by atoms with Crippen molar-refractivity contribution in [2.24, 2.45) is 5.90 Å². The van der Waals surface area contributed by atoms with Crippen molar-refractivity contribution >= 4 is 11.5 Å². The van der Waals surface area contributed by atoms with E-state index in [0.717, 1.165) is 0 Å². The molecule has 3 rings (SSSR count). The van der Waals surface area contributed by atoms with Gasteiger partial charge in [0, 0.05) is 11.1 Å². The zero-order valence-corrected chi connectivity index (χ0v) is 12.3. The number of methoxy groups -OCH3 is 1. The number of benzene rings is 2. The number of carbonyl (C=O) groups excluding carboxylic acids is 1. The molecule has 1 aliphatic heterocycles. The van der Waals surface area contributed by atoms with E-state index in [2.05, 4.69) is 4.84 Å². The zero-order valence-electron chi connectivity index (χ0n) is 12.3. The van der Waals surface area contributed by atoms with Crippen LogP contribution in [0.25, 0.3) is 5.57 Å². The number of nitrogens with two attached hydrogens (primary N) is 1. The fraction of sp³-hybridized carbons (Fsp3) is 0.118. The lowest BCUT2D eigenvalue weighted by Crippen LogP contribution is -2.22. The molecule has 2 aromatic carbocycles. The van der Waals surface area contributed by atoms with E-state index in [1.54, 1.807) is 37.4 Å². The van der Waals surface area contributed by atoms with Crippen LogP contribution in [-0.2, 0) is 9.63 Å². The molecule has 0 bridgehead atoms. The van der Waals surface area contributed by atoms with E-state index in [1.165, 1.54) is 12.1 Å². The number of rotatable bonds is 3. The Balaban J connectivity index is 2.24. The smallest absolute Gasteiger partial charge is 0.356 e. The lowest BCUT2D eigenvalue weighted by molar-refractivity contribution is -0.139. The maximum Gasteiger partial charge on any atom is 0.356 e. The molecule has 118 valence electrons. The summed E-state index contributed by atoms with van der Waals surface area (Å²) in [7, 11) is 1.54. The minimum absolute atomic E-state index is 0.0159. The Morgan fingerprint density at radius 3 is 2.61 bits per heavy atom. The first-order valence-corrected chi connectivity index (χ1v) is 6.85. The molecule has 0 aromatic heterocycles. The number of ether oxygens (including phenoxy) is 2. The Hall–Kier alpha value is -2.86. The first-order valence-electron chi connectivity index (χ1n) is 6.85. The number of hydrogen-bond donors (Lipinski definition) is 1. The first kappa shape index (κ1) is 15.1. The summed E-state index contributed by atoms with van der Waals surface area (Å²) in [4.78, 5) is 16.3. The molecule has 23 heavy (non-hydrogen) atoms. The van der Waals surface area contributed by atoms with Crippen LogP contribution in [0.5, 0.6) is 11.5 Å². The van der Waals surface area contributed by atoms with Gasteiger partial charge in [-0.3, -0.25) is 0 Å². The van der Waals surface area contributed by atoms with Gasteiger partial charge in [-0.1, -0.05) is 12.1 Å². The van der Waals surface area contributed by atoms with Crippen molar-refractivity contribution in [2.45, 2.75) is 0 Å². The molecule has 2 aromatic rings. The van der Waals surface area contributed by atoms with Crippen LogP contribution in [0.3, 0.4) is 0 Å². The summed E-state index contributed by atoms with van der Waals surface area (Å²) < 4.78 is 24.0. The van der Waals surface area contributed by atoms with E-state index < -0.39 is 5.97 Å². The molecule has 0 atom stereocenters. The third kappa shape index (κ3) is 2.76. The normalized spacial score (nSPS) is 13.2. The van der Waals surface area contributed by atoms with Crippen molar-refractivity contribution in [3.05, 3.63) is 65.0 Å². The van der Waals surface area contributed by atoms with E-state index >= 15 is 0 Å². The van der Waals surface area contributed by atoms with E-state index in [1.807, 2.05) is 0 Å². The van der Waals surface area contributed by atoms with Crippen LogP contribution in [-0.4, -0.2) is 19.7 Å². The van der Waals surface area contributed by atoms with Gasteiger partial charge in [-0.2, -0.15) is 5.90 Å².